The predicted octanol–water partition coefficient (Wildman–Crippen LogP) is 4.27. The quantitative estimate of drug-likeness (QED) is 0.720. The summed E-state index contributed by atoms with van der Waals surface area (Å²) in [6.07, 6.45) is 3.53. The van der Waals surface area contributed by atoms with E-state index in [-0.39, 0.29) is 5.95 Å². The van der Waals surface area contributed by atoms with Gasteiger partial charge in [0.1, 0.15) is 5.69 Å². The van der Waals surface area contributed by atoms with E-state index in [1.54, 1.807) is 0 Å². The van der Waals surface area contributed by atoms with Gasteiger partial charge in [-0.3, -0.25) is 0 Å². The first-order chi connectivity index (χ1) is 9.04. The van der Waals surface area contributed by atoms with Gasteiger partial charge in [0.05, 0.1) is 0 Å². The largest absolute Gasteiger partial charge is 0.433 e. The molecule has 0 aliphatic rings. The van der Waals surface area contributed by atoms with Gasteiger partial charge in [-0.2, -0.15) is 13.2 Å². The molecule has 1 heterocycles. The second-order valence-corrected chi connectivity index (χ2v) is 4.46. The highest BCUT2D eigenvalue weighted by molar-refractivity contribution is 5.25. The normalized spacial score (nSPS) is 11.6. The molecule has 0 saturated heterocycles. The van der Waals surface area contributed by atoms with Gasteiger partial charge in [0.25, 0.3) is 0 Å². The van der Waals surface area contributed by atoms with Crippen molar-refractivity contribution in [2.75, 3.05) is 11.9 Å². The topological polar surface area (TPSA) is 37.8 Å². The van der Waals surface area contributed by atoms with Crippen LogP contribution in [0, 0.1) is 0 Å². The van der Waals surface area contributed by atoms with Crippen molar-refractivity contribution < 1.29 is 13.2 Å². The van der Waals surface area contributed by atoms with Crippen molar-refractivity contribution in [3.8, 4) is 0 Å². The van der Waals surface area contributed by atoms with Crippen LogP contribution in [0.4, 0.5) is 19.1 Å². The molecule has 0 amide bonds. The minimum atomic E-state index is -4.42. The third-order valence-electron chi connectivity index (χ3n) is 2.76. The van der Waals surface area contributed by atoms with Gasteiger partial charge < -0.3 is 5.32 Å². The van der Waals surface area contributed by atoms with Crippen molar-refractivity contribution in [3.05, 3.63) is 18.0 Å². The van der Waals surface area contributed by atoms with Crippen LogP contribution in [0.25, 0.3) is 0 Å². The van der Waals surface area contributed by atoms with E-state index in [4.69, 9.17) is 0 Å². The minimum Gasteiger partial charge on any atom is -0.354 e. The van der Waals surface area contributed by atoms with Crippen molar-refractivity contribution >= 4 is 5.95 Å². The zero-order valence-corrected chi connectivity index (χ0v) is 11.1. The van der Waals surface area contributed by atoms with Crippen LogP contribution in [0.3, 0.4) is 0 Å². The van der Waals surface area contributed by atoms with E-state index in [9.17, 15) is 13.2 Å². The van der Waals surface area contributed by atoms with Crippen LogP contribution < -0.4 is 5.32 Å². The first-order valence-corrected chi connectivity index (χ1v) is 6.68. The fraction of sp³-hybridized carbons (Fsp3) is 0.692. The number of nitrogens with one attached hydrogen (secondary N) is 1. The van der Waals surface area contributed by atoms with Crippen LogP contribution in [0.2, 0.25) is 0 Å². The molecular formula is C13H20F3N3. The Morgan fingerprint density at radius 1 is 1.11 bits per heavy atom. The molecule has 0 aliphatic carbocycles. The van der Waals surface area contributed by atoms with Gasteiger partial charge >= 0.3 is 6.18 Å². The number of halogens is 3. The van der Waals surface area contributed by atoms with Gasteiger partial charge in [-0.15, -0.1) is 0 Å². The maximum Gasteiger partial charge on any atom is 0.433 e. The Morgan fingerprint density at radius 3 is 2.47 bits per heavy atom. The smallest absolute Gasteiger partial charge is 0.354 e. The summed E-state index contributed by atoms with van der Waals surface area (Å²) < 4.78 is 37.2. The first-order valence-electron chi connectivity index (χ1n) is 6.68. The van der Waals surface area contributed by atoms with Gasteiger partial charge in [0.2, 0.25) is 5.95 Å². The molecule has 0 atom stereocenters. The highest BCUT2D eigenvalue weighted by Gasteiger charge is 2.32. The Balaban J connectivity index is 2.26. The second-order valence-electron chi connectivity index (χ2n) is 4.46. The third-order valence-corrected chi connectivity index (χ3v) is 2.76. The van der Waals surface area contributed by atoms with E-state index >= 15 is 0 Å². The van der Waals surface area contributed by atoms with E-state index in [2.05, 4.69) is 22.2 Å². The molecule has 0 bridgehead atoms. The Labute approximate surface area is 111 Å². The molecule has 0 radical (unpaired) electrons. The summed E-state index contributed by atoms with van der Waals surface area (Å²) in [5.41, 5.74) is -0.909. The van der Waals surface area contributed by atoms with Gasteiger partial charge in [0.15, 0.2) is 0 Å². The molecule has 3 nitrogen and oxygen atoms in total. The third kappa shape index (κ3) is 6.40. The molecule has 0 saturated carbocycles. The Hall–Kier alpha value is -1.33. The molecular weight excluding hydrogens is 255 g/mol. The van der Waals surface area contributed by atoms with Crippen LogP contribution in [0.1, 0.15) is 51.1 Å². The predicted molar refractivity (Wildman–Crippen MR) is 68.9 cm³/mol. The average molecular weight is 275 g/mol. The molecule has 0 aromatic carbocycles. The Morgan fingerprint density at radius 2 is 1.79 bits per heavy atom. The molecule has 0 aliphatic heterocycles. The highest BCUT2D eigenvalue weighted by Crippen LogP contribution is 2.27. The van der Waals surface area contributed by atoms with E-state index in [0.717, 1.165) is 25.1 Å². The van der Waals surface area contributed by atoms with Crippen LogP contribution in [0.5, 0.6) is 0 Å². The minimum absolute atomic E-state index is 0.0448. The number of alkyl halides is 3. The monoisotopic (exact) mass is 275 g/mol. The van der Waals surface area contributed by atoms with Crippen molar-refractivity contribution in [2.45, 2.75) is 51.6 Å². The summed E-state index contributed by atoms with van der Waals surface area (Å²) in [5.74, 6) is 0.0448. The van der Waals surface area contributed by atoms with Crippen LogP contribution in [-0.4, -0.2) is 16.5 Å². The summed E-state index contributed by atoms with van der Waals surface area (Å²) in [6.45, 7) is 2.76. The molecule has 1 aromatic rings. The lowest BCUT2D eigenvalue weighted by Crippen LogP contribution is -2.12. The number of rotatable bonds is 8. The van der Waals surface area contributed by atoms with E-state index in [1.807, 2.05) is 0 Å². The number of aromatic nitrogens is 2. The number of hydrogen-bond donors (Lipinski definition) is 1. The molecule has 0 fully saturated rings. The van der Waals surface area contributed by atoms with E-state index in [1.165, 1.54) is 25.7 Å². The van der Waals surface area contributed by atoms with Crippen molar-refractivity contribution in [2.24, 2.45) is 0 Å². The lowest BCUT2D eigenvalue weighted by molar-refractivity contribution is -0.141. The van der Waals surface area contributed by atoms with Gasteiger partial charge in [-0.25, -0.2) is 9.97 Å². The molecule has 1 N–H and O–H groups in total. The number of nitrogens with zero attached hydrogens (tertiary/aromatic N) is 2. The van der Waals surface area contributed by atoms with Gasteiger partial charge in [0, 0.05) is 12.7 Å². The number of anilines is 1. The highest BCUT2D eigenvalue weighted by atomic mass is 19.4. The summed E-state index contributed by atoms with van der Waals surface area (Å²) in [5, 5.41) is 2.83. The van der Waals surface area contributed by atoms with Gasteiger partial charge in [-0.1, -0.05) is 39.0 Å². The van der Waals surface area contributed by atoms with Crippen molar-refractivity contribution in [3.63, 3.8) is 0 Å². The summed E-state index contributed by atoms with van der Waals surface area (Å²) in [6, 6.07) is 0.871. The first kappa shape index (κ1) is 15.7. The van der Waals surface area contributed by atoms with Crippen LogP contribution in [0.15, 0.2) is 12.3 Å². The summed E-state index contributed by atoms with van der Waals surface area (Å²) >= 11 is 0. The molecule has 1 aromatic heterocycles. The zero-order chi connectivity index (χ0) is 14.1. The fourth-order valence-corrected chi connectivity index (χ4v) is 1.71. The molecule has 0 unspecified atom stereocenters. The molecule has 108 valence electrons. The van der Waals surface area contributed by atoms with E-state index < -0.39 is 11.9 Å². The van der Waals surface area contributed by atoms with Gasteiger partial charge in [-0.05, 0) is 12.5 Å². The average Bonchev–Trinajstić information content (AvgIpc) is 2.37. The summed E-state index contributed by atoms with van der Waals surface area (Å²) in [7, 11) is 0. The Bertz CT molecular complexity index is 366. The Kier molecular flexibility index (Phi) is 6.59. The van der Waals surface area contributed by atoms with Crippen LogP contribution >= 0.6 is 0 Å². The fourth-order valence-electron chi connectivity index (χ4n) is 1.71. The zero-order valence-electron chi connectivity index (χ0n) is 11.1. The van der Waals surface area contributed by atoms with E-state index in [0.29, 0.717) is 6.54 Å². The number of unbranched alkanes of at least 4 members (excludes halogenated alkanes) is 5. The second kappa shape index (κ2) is 7.96. The van der Waals surface area contributed by atoms with Crippen molar-refractivity contribution in [1.29, 1.82) is 0 Å². The summed E-state index contributed by atoms with van der Waals surface area (Å²) in [4.78, 5) is 7.22. The SMILES string of the molecule is CCCCCCCCNc1nccc(C(F)(F)F)n1. The molecule has 6 heteroatoms. The standard InChI is InChI=1S/C13H20F3N3/c1-2-3-4-5-6-7-9-17-12-18-10-8-11(19-12)13(14,15)16/h8,10H,2-7,9H2,1H3,(H,17,18,19). The lowest BCUT2D eigenvalue weighted by atomic mass is 10.1. The maximum atomic E-state index is 12.4. The molecule has 19 heavy (non-hydrogen) atoms. The number of hydrogen-bond acceptors (Lipinski definition) is 3. The maximum absolute atomic E-state index is 12.4. The van der Waals surface area contributed by atoms with Crippen molar-refractivity contribution in [1.82, 2.24) is 9.97 Å². The molecule has 1 rings (SSSR count). The van der Waals surface area contributed by atoms with Crippen LogP contribution in [-0.2, 0) is 6.18 Å². The molecule has 0 spiro atoms. The lowest BCUT2D eigenvalue weighted by Gasteiger charge is -2.08.